The first kappa shape index (κ1) is 16.9. The Balaban J connectivity index is 1.86. The van der Waals surface area contributed by atoms with Crippen LogP contribution in [0.1, 0.15) is 18.5 Å². The van der Waals surface area contributed by atoms with Crippen LogP contribution in [0.4, 0.5) is 11.4 Å². The molecule has 3 N–H and O–H groups in total. The normalized spacial score (nSPS) is 11.7. The molecule has 0 unspecified atom stereocenters. The summed E-state index contributed by atoms with van der Waals surface area (Å²) in [6.45, 7) is 2.23. The van der Waals surface area contributed by atoms with Gasteiger partial charge in [-0.3, -0.25) is 14.9 Å². The molecule has 1 amide bonds. The summed E-state index contributed by atoms with van der Waals surface area (Å²) >= 11 is 5.95. The summed E-state index contributed by atoms with van der Waals surface area (Å²) < 4.78 is 0. The minimum absolute atomic E-state index is 0.0101. The van der Waals surface area contributed by atoms with Crippen LogP contribution in [0, 0.1) is 10.1 Å². The van der Waals surface area contributed by atoms with E-state index < -0.39 is 4.92 Å². The van der Waals surface area contributed by atoms with Gasteiger partial charge in [0.15, 0.2) is 6.54 Å². The molecule has 0 radical (unpaired) electrons. The molecular weight excluding hydrogens is 318 g/mol. The van der Waals surface area contributed by atoms with Crippen LogP contribution in [-0.4, -0.2) is 17.4 Å². The monoisotopic (exact) mass is 334 g/mol. The first-order valence-electron chi connectivity index (χ1n) is 7.09. The van der Waals surface area contributed by atoms with Crippen molar-refractivity contribution >= 4 is 28.9 Å². The van der Waals surface area contributed by atoms with E-state index >= 15 is 0 Å². The third-order valence-corrected chi connectivity index (χ3v) is 3.63. The fraction of sp³-hybridized carbons (Fsp3) is 0.188. The Hall–Kier alpha value is -2.44. The number of carbonyl (C=O) groups excluding carboxylic acids is 1. The van der Waals surface area contributed by atoms with Gasteiger partial charge in [-0.15, -0.1) is 0 Å². The zero-order valence-electron chi connectivity index (χ0n) is 12.5. The number of nitrogens with two attached hydrogens (primary N) is 1. The number of anilines is 1. The van der Waals surface area contributed by atoms with Gasteiger partial charge in [0.05, 0.1) is 4.92 Å². The van der Waals surface area contributed by atoms with Gasteiger partial charge in [0.2, 0.25) is 0 Å². The number of amides is 1. The standard InChI is InChI=1S/C16H16ClN3O3/c1-11(12-3-2-4-13(17)9-12)18-10-16(21)19-14-5-7-15(8-6-14)20(22)23/h2-9,11,18H,10H2,1H3,(H,19,21)/p+1/t11-/m1/s1. The van der Waals surface area contributed by atoms with Crippen molar-refractivity contribution in [2.75, 3.05) is 11.9 Å². The van der Waals surface area contributed by atoms with Crippen LogP contribution in [-0.2, 0) is 4.79 Å². The van der Waals surface area contributed by atoms with Crippen molar-refractivity contribution in [3.05, 3.63) is 69.2 Å². The largest absolute Gasteiger partial charge is 0.333 e. The molecule has 0 heterocycles. The maximum absolute atomic E-state index is 11.9. The highest BCUT2D eigenvalue weighted by molar-refractivity contribution is 6.30. The van der Waals surface area contributed by atoms with Crippen molar-refractivity contribution in [1.29, 1.82) is 0 Å². The lowest BCUT2D eigenvalue weighted by Gasteiger charge is -2.11. The smallest absolute Gasteiger partial charge is 0.279 e. The highest BCUT2D eigenvalue weighted by Crippen LogP contribution is 2.16. The van der Waals surface area contributed by atoms with Crippen LogP contribution in [0.3, 0.4) is 0 Å². The second-order valence-corrected chi connectivity index (χ2v) is 5.57. The Morgan fingerprint density at radius 1 is 1.30 bits per heavy atom. The Labute approximate surface area is 138 Å². The number of carbonyl (C=O) groups is 1. The van der Waals surface area contributed by atoms with Crippen molar-refractivity contribution in [3.8, 4) is 0 Å². The predicted octanol–water partition coefficient (Wildman–Crippen LogP) is 2.51. The zero-order chi connectivity index (χ0) is 16.8. The second-order valence-electron chi connectivity index (χ2n) is 5.14. The molecule has 0 aromatic heterocycles. The van der Waals surface area contributed by atoms with Crippen LogP contribution >= 0.6 is 11.6 Å². The first-order chi connectivity index (χ1) is 11.0. The molecule has 0 aliphatic heterocycles. The molecule has 0 saturated carbocycles. The van der Waals surface area contributed by atoms with E-state index in [4.69, 9.17) is 11.6 Å². The summed E-state index contributed by atoms with van der Waals surface area (Å²) in [6, 6.07) is 13.3. The molecule has 23 heavy (non-hydrogen) atoms. The summed E-state index contributed by atoms with van der Waals surface area (Å²) in [5.74, 6) is -0.173. The summed E-state index contributed by atoms with van der Waals surface area (Å²) in [7, 11) is 0. The first-order valence-corrected chi connectivity index (χ1v) is 7.46. The zero-order valence-corrected chi connectivity index (χ0v) is 13.3. The number of non-ortho nitro benzene ring substituents is 1. The number of nitro groups is 1. The van der Waals surface area contributed by atoms with E-state index in [0.29, 0.717) is 10.7 Å². The summed E-state index contributed by atoms with van der Waals surface area (Å²) in [5, 5.41) is 15.8. The van der Waals surface area contributed by atoms with Gasteiger partial charge in [0.25, 0.3) is 11.6 Å². The van der Waals surface area contributed by atoms with Gasteiger partial charge in [0.1, 0.15) is 6.04 Å². The molecule has 0 bridgehead atoms. The average molecular weight is 335 g/mol. The number of halogens is 1. The summed E-state index contributed by atoms with van der Waals surface area (Å²) in [6.07, 6.45) is 0. The van der Waals surface area contributed by atoms with Gasteiger partial charge in [-0.25, -0.2) is 0 Å². The minimum Gasteiger partial charge on any atom is -0.333 e. The third kappa shape index (κ3) is 5.05. The number of nitro benzene ring substituents is 1. The van der Waals surface area contributed by atoms with E-state index in [1.807, 2.05) is 30.4 Å². The van der Waals surface area contributed by atoms with Gasteiger partial charge < -0.3 is 10.6 Å². The number of hydrogen-bond donors (Lipinski definition) is 2. The molecule has 2 aromatic rings. The SMILES string of the molecule is C[C@@H]([NH2+]CC(=O)Nc1ccc([N+](=O)[O-])cc1)c1cccc(Cl)c1. The van der Waals surface area contributed by atoms with E-state index in [1.54, 1.807) is 6.07 Å². The fourth-order valence-corrected chi connectivity index (χ4v) is 2.29. The molecule has 6 nitrogen and oxygen atoms in total. The molecule has 0 aliphatic rings. The molecule has 0 fully saturated rings. The Morgan fingerprint density at radius 2 is 2.00 bits per heavy atom. The van der Waals surface area contributed by atoms with Crippen LogP contribution in [0.5, 0.6) is 0 Å². The molecular formula is C16H17ClN3O3+. The minimum atomic E-state index is -0.480. The van der Waals surface area contributed by atoms with Crippen molar-refractivity contribution < 1.29 is 15.0 Å². The highest BCUT2D eigenvalue weighted by atomic mass is 35.5. The molecule has 0 aliphatic carbocycles. The molecule has 2 aromatic carbocycles. The van der Waals surface area contributed by atoms with Gasteiger partial charge in [-0.2, -0.15) is 0 Å². The lowest BCUT2D eigenvalue weighted by Crippen LogP contribution is -2.86. The predicted molar refractivity (Wildman–Crippen MR) is 88.4 cm³/mol. The van der Waals surface area contributed by atoms with E-state index in [-0.39, 0.29) is 24.2 Å². The van der Waals surface area contributed by atoms with Crippen LogP contribution < -0.4 is 10.6 Å². The van der Waals surface area contributed by atoms with Crippen molar-refractivity contribution in [2.45, 2.75) is 13.0 Å². The van der Waals surface area contributed by atoms with E-state index in [9.17, 15) is 14.9 Å². The van der Waals surface area contributed by atoms with E-state index in [0.717, 1.165) is 5.56 Å². The molecule has 0 saturated heterocycles. The molecule has 1 atom stereocenters. The highest BCUT2D eigenvalue weighted by Gasteiger charge is 2.12. The molecule has 0 spiro atoms. The van der Waals surface area contributed by atoms with Gasteiger partial charge >= 0.3 is 0 Å². The van der Waals surface area contributed by atoms with E-state index in [2.05, 4.69) is 5.32 Å². The van der Waals surface area contributed by atoms with E-state index in [1.165, 1.54) is 24.3 Å². The number of benzene rings is 2. The van der Waals surface area contributed by atoms with Crippen molar-refractivity contribution in [1.82, 2.24) is 0 Å². The summed E-state index contributed by atoms with van der Waals surface area (Å²) in [5.41, 5.74) is 1.56. The number of hydrogen-bond acceptors (Lipinski definition) is 3. The average Bonchev–Trinajstić information content (AvgIpc) is 2.53. The van der Waals surface area contributed by atoms with Crippen LogP contribution in [0.15, 0.2) is 48.5 Å². The molecule has 120 valence electrons. The van der Waals surface area contributed by atoms with Gasteiger partial charge in [-0.05, 0) is 31.2 Å². The Bertz CT molecular complexity index is 704. The number of nitrogens with one attached hydrogen (secondary N) is 1. The van der Waals surface area contributed by atoms with Crippen LogP contribution in [0.25, 0.3) is 0 Å². The molecule has 7 heteroatoms. The molecule has 2 rings (SSSR count). The number of quaternary nitrogens is 1. The van der Waals surface area contributed by atoms with Gasteiger partial charge in [0, 0.05) is 28.4 Å². The number of nitrogens with zero attached hydrogens (tertiary/aromatic N) is 1. The quantitative estimate of drug-likeness (QED) is 0.628. The second kappa shape index (κ2) is 7.71. The van der Waals surface area contributed by atoms with Crippen molar-refractivity contribution in [2.24, 2.45) is 0 Å². The number of rotatable bonds is 6. The maximum atomic E-state index is 11.9. The van der Waals surface area contributed by atoms with Crippen molar-refractivity contribution in [3.63, 3.8) is 0 Å². The Kier molecular flexibility index (Phi) is 5.67. The van der Waals surface area contributed by atoms with Gasteiger partial charge in [-0.1, -0.05) is 23.7 Å². The lowest BCUT2D eigenvalue weighted by molar-refractivity contribution is -0.682. The lowest BCUT2D eigenvalue weighted by atomic mass is 10.1. The summed E-state index contributed by atoms with van der Waals surface area (Å²) in [4.78, 5) is 22.0. The van der Waals surface area contributed by atoms with Crippen LogP contribution in [0.2, 0.25) is 5.02 Å². The third-order valence-electron chi connectivity index (χ3n) is 3.39. The Morgan fingerprint density at radius 3 is 2.61 bits per heavy atom. The topological polar surface area (TPSA) is 88.8 Å². The fourth-order valence-electron chi connectivity index (χ4n) is 2.09. The maximum Gasteiger partial charge on any atom is 0.279 e.